The van der Waals surface area contributed by atoms with E-state index in [-0.39, 0.29) is 12.4 Å². The molecular formula is C21H46ClN. The first kappa shape index (κ1) is 25.5. The van der Waals surface area contributed by atoms with Crippen molar-refractivity contribution in [2.24, 2.45) is 0 Å². The van der Waals surface area contributed by atoms with E-state index < -0.39 is 0 Å². The fourth-order valence-corrected chi connectivity index (χ4v) is 3.33. The van der Waals surface area contributed by atoms with E-state index in [4.69, 9.17) is 0 Å². The molecule has 1 unspecified atom stereocenters. The fraction of sp³-hybridized carbons (Fsp3) is 1.00. The van der Waals surface area contributed by atoms with Crippen LogP contribution in [-0.2, 0) is 0 Å². The number of rotatable bonds is 17. The summed E-state index contributed by atoms with van der Waals surface area (Å²) in [5.74, 6) is 0. The SMILES string of the molecule is CCCCCCCCCCC(CCCCCCCC)N(C)C.Cl. The van der Waals surface area contributed by atoms with Crippen molar-refractivity contribution in [3.63, 3.8) is 0 Å². The van der Waals surface area contributed by atoms with Crippen molar-refractivity contribution in [2.45, 2.75) is 123 Å². The van der Waals surface area contributed by atoms with Crippen molar-refractivity contribution in [1.29, 1.82) is 0 Å². The Morgan fingerprint density at radius 3 is 1.13 bits per heavy atom. The van der Waals surface area contributed by atoms with Crippen molar-refractivity contribution in [3.8, 4) is 0 Å². The zero-order valence-corrected chi connectivity index (χ0v) is 17.6. The molecule has 23 heavy (non-hydrogen) atoms. The maximum Gasteiger partial charge on any atom is 0.00891 e. The van der Waals surface area contributed by atoms with E-state index in [0.717, 1.165) is 6.04 Å². The molecule has 0 aliphatic carbocycles. The Hall–Kier alpha value is 0.250. The van der Waals surface area contributed by atoms with Gasteiger partial charge in [-0.25, -0.2) is 0 Å². The molecule has 0 fully saturated rings. The second-order valence-electron chi connectivity index (χ2n) is 7.44. The first-order chi connectivity index (χ1) is 10.7. The molecule has 0 aromatic rings. The minimum absolute atomic E-state index is 0. The van der Waals surface area contributed by atoms with Gasteiger partial charge in [-0.05, 0) is 26.9 Å². The number of halogens is 1. The monoisotopic (exact) mass is 347 g/mol. The molecule has 0 saturated carbocycles. The van der Waals surface area contributed by atoms with E-state index in [1.54, 1.807) is 0 Å². The molecule has 0 aliphatic heterocycles. The van der Waals surface area contributed by atoms with Crippen LogP contribution in [0.4, 0.5) is 0 Å². The van der Waals surface area contributed by atoms with Crippen LogP contribution >= 0.6 is 12.4 Å². The van der Waals surface area contributed by atoms with Gasteiger partial charge in [-0.3, -0.25) is 0 Å². The lowest BCUT2D eigenvalue weighted by Crippen LogP contribution is -2.27. The topological polar surface area (TPSA) is 3.24 Å². The molecule has 1 nitrogen and oxygen atoms in total. The number of hydrogen-bond donors (Lipinski definition) is 0. The van der Waals surface area contributed by atoms with Crippen molar-refractivity contribution < 1.29 is 0 Å². The molecule has 0 amide bonds. The lowest BCUT2D eigenvalue weighted by molar-refractivity contribution is 0.251. The molecule has 2 heteroatoms. The smallest absolute Gasteiger partial charge is 0.00891 e. The van der Waals surface area contributed by atoms with Gasteiger partial charge in [0.15, 0.2) is 0 Å². The van der Waals surface area contributed by atoms with Crippen LogP contribution in [0.5, 0.6) is 0 Å². The van der Waals surface area contributed by atoms with Gasteiger partial charge in [0, 0.05) is 6.04 Å². The van der Waals surface area contributed by atoms with Gasteiger partial charge in [0.2, 0.25) is 0 Å². The van der Waals surface area contributed by atoms with Crippen LogP contribution in [0.3, 0.4) is 0 Å². The van der Waals surface area contributed by atoms with Crippen molar-refractivity contribution in [3.05, 3.63) is 0 Å². The van der Waals surface area contributed by atoms with E-state index in [2.05, 4.69) is 32.8 Å². The van der Waals surface area contributed by atoms with E-state index in [9.17, 15) is 0 Å². The number of nitrogens with zero attached hydrogens (tertiary/aromatic N) is 1. The van der Waals surface area contributed by atoms with Gasteiger partial charge >= 0.3 is 0 Å². The number of unbranched alkanes of at least 4 members (excludes halogenated alkanes) is 12. The molecule has 0 aromatic carbocycles. The summed E-state index contributed by atoms with van der Waals surface area (Å²) in [4.78, 5) is 2.47. The second-order valence-corrected chi connectivity index (χ2v) is 7.44. The molecule has 0 rings (SSSR count). The quantitative estimate of drug-likeness (QED) is 0.244. The van der Waals surface area contributed by atoms with Crippen LogP contribution in [0, 0.1) is 0 Å². The third-order valence-corrected chi connectivity index (χ3v) is 5.01. The van der Waals surface area contributed by atoms with Gasteiger partial charge in [-0.15, -0.1) is 12.4 Å². The highest BCUT2D eigenvalue weighted by atomic mass is 35.5. The van der Waals surface area contributed by atoms with Gasteiger partial charge < -0.3 is 4.90 Å². The van der Waals surface area contributed by atoms with E-state index in [0.29, 0.717) is 0 Å². The summed E-state index contributed by atoms with van der Waals surface area (Å²) in [7, 11) is 4.54. The molecule has 0 saturated heterocycles. The predicted molar refractivity (Wildman–Crippen MR) is 110 cm³/mol. The minimum Gasteiger partial charge on any atom is -0.306 e. The first-order valence-corrected chi connectivity index (χ1v) is 10.4. The maximum absolute atomic E-state index is 2.47. The molecule has 1 atom stereocenters. The normalized spacial score (nSPS) is 12.4. The lowest BCUT2D eigenvalue weighted by atomic mass is 9.99. The van der Waals surface area contributed by atoms with Crippen LogP contribution in [0.1, 0.15) is 117 Å². The Morgan fingerprint density at radius 1 is 0.522 bits per heavy atom. The molecule has 0 spiro atoms. The summed E-state index contributed by atoms with van der Waals surface area (Å²) in [5, 5.41) is 0. The molecule has 0 radical (unpaired) electrons. The van der Waals surface area contributed by atoms with Crippen molar-refractivity contribution >= 4 is 12.4 Å². The first-order valence-electron chi connectivity index (χ1n) is 10.4. The van der Waals surface area contributed by atoms with Gasteiger partial charge in [0.1, 0.15) is 0 Å². The van der Waals surface area contributed by atoms with Crippen molar-refractivity contribution in [2.75, 3.05) is 14.1 Å². The lowest BCUT2D eigenvalue weighted by Gasteiger charge is -2.24. The zero-order chi connectivity index (χ0) is 16.5. The largest absolute Gasteiger partial charge is 0.306 e. The molecule has 0 aromatic heterocycles. The highest BCUT2D eigenvalue weighted by Crippen LogP contribution is 2.17. The fourth-order valence-electron chi connectivity index (χ4n) is 3.33. The minimum atomic E-state index is 0. The standard InChI is InChI=1S/C21H45N.ClH/c1-5-7-9-11-13-14-16-18-20-21(22(3)4)19-17-15-12-10-8-6-2;/h21H,5-20H2,1-4H3;1H. The average molecular weight is 348 g/mol. The van der Waals surface area contributed by atoms with Crippen LogP contribution in [0.25, 0.3) is 0 Å². The summed E-state index contributed by atoms with van der Waals surface area (Å²) < 4.78 is 0. The third kappa shape index (κ3) is 18.4. The molecule has 142 valence electrons. The Bertz CT molecular complexity index is 206. The predicted octanol–water partition coefficient (Wildman–Crippen LogP) is 7.62. The Labute approximate surface area is 154 Å². The van der Waals surface area contributed by atoms with E-state index in [1.807, 2.05) is 0 Å². The maximum atomic E-state index is 2.47. The van der Waals surface area contributed by atoms with Crippen LogP contribution in [0.2, 0.25) is 0 Å². The summed E-state index contributed by atoms with van der Waals surface area (Å²) >= 11 is 0. The van der Waals surface area contributed by atoms with Gasteiger partial charge in [-0.2, -0.15) is 0 Å². The molecule has 0 N–H and O–H groups in total. The Morgan fingerprint density at radius 2 is 0.826 bits per heavy atom. The van der Waals surface area contributed by atoms with E-state index in [1.165, 1.54) is 103 Å². The second kappa shape index (κ2) is 20.3. The van der Waals surface area contributed by atoms with Gasteiger partial charge in [0.25, 0.3) is 0 Å². The molecule has 0 aliphatic rings. The molecule has 0 heterocycles. The van der Waals surface area contributed by atoms with Gasteiger partial charge in [0.05, 0.1) is 0 Å². The zero-order valence-electron chi connectivity index (χ0n) is 16.7. The summed E-state index contributed by atoms with van der Waals surface area (Å²) in [5.41, 5.74) is 0. The highest BCUT2D eigenvalue weighted by molar-refractivity contribution is 5.85. The highest BCUT2D eigenvalue weighted by Gasteiger charge is 2.10. The molecule has 0 bridgehead atoms. The van der Waals surface area contributed by atoms with Crippen molar-refractivity contribution in [1.82, 2.24) is 4.90 Å². The average Bonchev–Trinajstić information content (AvgIpc) is 2.50. The van der Waals surface area contributed by atoms with Gasteiger partial charge in [-0.1, -0.05) is 104 Å². The summed E-state index contributed by atoms with van der Waals surface area (Å²) in [6, 6.07) is 0.825. The Kier molecular flexibility index (Phi) is 22.5. The van der Waals surface area contributed by atoms with Crippen LogP contribution in [0.15, 0.2) is 0 Å². The Balaban J connectivity index is 0. The number of hydrogen-bond acceptors (Lipinski definition) is 1. The third-order valence-electron chi connectivity index (χ3n) is 5.01. The van der Waals surface area contributed by atoms with E-state index >= 15 is 0 Å². The van der Waals surface area contributed by atoms with Crippen LogP contribution in [-0.4, -0.2) is 25.0 Å². The summed E-state index contributed by atoms with van der Waals surface area (Å²) in [6.07, 6.45) is 22.9. The van der Waals surface area contributed by atoms with Crippen LogP contribution < -0.4 is 0 Å². The molecular weight excluding hydrogens is 302 g/mol. The summed E-state index contributed by atoms with van der Waals surface area (Å²) in [6.45, 7) is 4.59.